The zero-order chi connectivity index (χ0) is 12.3. The Kier molecular flexibility index (Phi) is 3.44. The minimum Gasteiger partial charge on any atom is -0.481 e. The Morgan fingerprint density at radius 3 is 2.94 bits per heavy atom. The Bertz CT molecular complexity index is 557. The van der Waals surface area contributed by atoms with Gasteiger partial charge in [-0.25, -0.2) is 4.98 Å². The number of benzene rings is 1. The van der Waals surface area contributed by atoms with Crippen LogP contribution < -0.4 is 5.32 Å². The van der Waals surface area contributed by atoms with Crippen molar-refractivity contribution < 1.29 is 9.90 Å². The van der Waals surface area contributed by atoms with E-state index in [2.05, 4.69) is 10.3 Å². The van der Waals surface area contributed by atoms with Crippen molar-refractivity contribution in [3.8, 4) is 0 Å². The van der Waals surface area contributed by atoms with Gasteiger partial charge in [0.15, 0.2) is 0 Å². The molecule has 2 N–H and O–H groups in total. The smallest absolute Gasteiger partial charge is 0.305 e. The molecule has 1 heterocycles. The molecular formula is C12H11ClN2O2. The highest BCUT2D eigenvalue weighted by Gasteiger charge is 2.04. The van der Waals surface area contributed by atoms with Gasteiger partial charge >= 0.3 is 5.97 Å². The highest BCUT2D eigenvalue weighted by Crippen LogP contribution is 2.27. The second-order valence-corrected chi connectivity index (χ2v) is 3.97. The number of hydrogen-bond acceptors (Lipinski definition) is 3. The number of hydrogen-bond donors (Lipinski definition) is 2. The van der Waals surface area contributed by atoms with Crippen LogP contribution >= 0.6 is 11.6 Å². The molecule has 5 heteroatoms. The molecule has 2 aromatic rings. The molecule has 4 nitrogen and oxygen atoms in total. The summed E-state index contributed by atoms with van der Waals surface area (Å²) in [6, 6.07) is 7.39. The molecule has 17 heavy (non-hydrogen) atoms. The number of halogens is 1. The highest BCUT2D eigenvalue weighted by molar-refractivity contribution is 6.35. The van der Waals surface area contributed by atoms with Crippen molar-refractivity contribution in [2.24, 2.45) is 0 Å². The second-order valence-electron chi connectivity index (χ2n) is 3.57. The summed E-state index contributed by atoms with van der Waals surface area (Å²) in [6.45, 7) is 0.341. The summed E-state index contributed by atoms with van der Waals surface area (Å²) >= 11 is 6.06. The molecule has 0 spiro atoms. The largest absolute Gasteiger partial charge is 0.481 e. The monoisotopic (exact) mass is 250 g/mol. The van der Waals surface area contributed by atoms with E-state index in [1.807, 2.05) is 24.3 Å². The number of carboxylic acids is 1. The van der Waals surface area contributed by atoms with Crippen molar-refractivity contribution in [3.05, 3.63) is 35.5 Å². The number of rotatable bonds is 4. The van der Waals surface area contributed by atoms with Crippen molar-refractivity contribution >= 4 is 34.2 Å². The molecule has 88 valence electrons. The SMILES string of the molecule is O=C(O)CCNc1nccc2c(Cl)cccc12. The molecule has 0 amide bonds. The number of nitrogens with one attached hydrogen (secondary N) is 1. The van der Waals surface area contributed by atoms with Crippen LogP contribution in [0.3, 0.4) is 0 Å². The van der Waals surface area contributed by atoms with E-state index in [4.69, 9.17) is 16.7 Å². The molecule has 0 atom stereocenters. The van der Waals surface area contributed by atoms with Crippen LogP contribution in [-0.2, 0) is 4.79 Å². The molecule has 1 aromatic carbocycles. The van der Waals surface area contributed by atoms with E-state index in [0.717, 1.165) is 10.8 Å². The van der Waals surface area contributed by atoms with Gasteiger partial charge in [0.2, 0.25) is 0 Å². The van der Waals surface area contributed by atoms with E-state index in [0.29, 0.717) is 17.4 Å². The van der Waals surface area contributed by atoms with Crippen molar-refractivity contribution in [1.29, 1.82) is 0 Å². The van der Waals surface area contributed by atoms with Crippen LogP contribution in [0.4, 0.5) is 5.82 Å². The normalized spacial score (nSPS) is 10.4. The van der Waals surface area contributed by atoms with E-state index in [9.17, 15) is 4.79 Å². The molecule has 0 aliphatic heterocycles. The fourth-order valence-electron chi connectivity index (χ4n) is 1.60. The number of nitrogens with zero attached hydrogens (tertiary/aromatic N) is 1. The first kappa shape index (κ1) is 11.7. The van der Waals surface area contributed by atoms with Gasteiger partial charge in [0.05, 0.1) is 6.42 Å². The van der Waals surface area contributed by atoms with Crippen LogP contribution in [0.1, 0.15) is 6.42 Å². The summed E-state index contributed by atoms with van der Waals surface area (Å²) in [7, 11) is 0. The van der Waals surface area contributed by atoms with Crippen LogP contribution in [0, 0.1) is 0 Å². The maximum Gasteiger partial charge on any atom is 0.305 e. The zero-order valence-corrected chi connectivity index (χ0v) is 9.74. The second kappa shape index (κ2) is 5.01. The first-order chi connectivity index (χ1) is 8.18. The number of aliphatic carboxylic acids is 1. The van der Waals surface area contributed by atoms with Gasteiger partial charge in [-0.05, 0) is 12.1 Å². The zero-order valence-electron chi connectivity index (χ0n) is 8.98. The van der Waals surface area contributed by atoms with Crippen LogP contribution in [0.2, 0.25) is 5.02 Å². The highest BCUT2D eigenvalue weighted by atomic mass is 35.5. The average molecular weight is 251 g/mol. The van der Waals surface area contributed by atoms with Crippen LogP contribution in [0.25, 0.3) is 10.8 Å². The molecule has 0 saturated heterocycles. The third-order valence-corrected chi connectivity index (χ3v) is 2.71. The third kappa shape index (κ3) is 2.65. The van der Waals surface area contributed by atoms with Crippen molar-refractivity contribution in [1.82, 2.24) is 4.98 Å². The molecule has 0 radical (unpaired) electrons. The van der Waals surface area contributed by atoms with Gasteiger partial charge < -0.3 is 10.4 Å². The van der Waals surface area contributed by atoms with Crippen molar-refractivity contribution in [2.45, 2.75) is 6.42 Å². The van der Waals surface area contributed by atoms with E-state index < -0.39 is 5.97 Å². The molecular weight excluding hydrogens is 240 g/mol. The predicted molar refractivity (Wildman–Crippen MR) is 67.5 cm³/mol. The fourth-order valence-corrected chi connectivity index (χ4v) is 1.84. The van der Waals surface area contributed by atoms with Crippen molar-refractivity contribution in [3.63, 3.8) is 0 Å². The minimum atomic E-state index is -0.837. The lowest BCUT2D eigenvalue weighted by molar-refractivity contribution is -0.136. The molecule has 2 rings (SSSR count). The summed E-state index contributed by atoms with van der Waals surface area (Å²) in [5.74, 6) is -0.179. The Hall–Kier alpha value is -1.81. The van der Waals surface area contributed by atoms with Crippen LogP contribution in [-0.4, -0.2) is 22.6 Å². The summed E-state index contributed by atoms with van der Waals surface area (Å²) in [5, 5.41) is 14.0. The number of anilines is 1. The summed E-state index contributed by atoms with van der Waals surface area (Å²) in [4.78, 5) is 14.6. The summed E-state index contributed by atoms with van der Waals surface area (Å²) < 4.78 is 0. The van der Waals surface area contributed by atoms with E-state index >= 15 is 0 Å². The topological polar surface area (TPSA) is 62.2 Å². The van der Waals surface area contributed by atoms with Gasteiger partial charge in [0.25, 0.3) is 0 Å². The van der Waals surface area contributed by atoms with E-state index in [1.54, 1.807) is 6.20 Å². The molecule has 0 bridgehead atoms. The molecule has 0 unspecified atom stereocenters. The number of fused-ring (bicyclic) bond motifs is 1. The maximum absolute atomic E-state index is 10.4. The van der Waals surface area contributed by atoms with Gasteiger partial charge in [0, 0.05) is 28.5 Å². The minimum absolute atomic E-state index is 0.0542. The molecule has 0 aliphatic carbocycles. The Morgan fingerprint density at radius 2 is 2.18 bits per heavy atom. The average Bonchev–Trinajstić information content (AvgIpc) is 2.30. The number of carbonyl (C=O) groups is 1. The number of pyridine rings is 1. The first-order valence-corrected chi connectivity index (χ1v) is 5.55. The van der Waals surface area contributed by atoms with Gasteiger partial charge in [-0.3, -0.25) is 4.79 Å². The summed E-state index contributed by atoms with van der Waals surface area (Å²) in [5.41, 5.74) is 0. The van der Waals surface area contributed by atoms with E-state index in [1.165, 1.54) is 0 Å². The lowest BCUT2D eigenvalue weighted by Crippen LogP contribution is -2.08. The van der Waals surface area contributed by atoms with Gasteiger partial charge in [-0.15, -0.1) is 0 Å². The van der Waals surface area contributed by atoms with Gasteiger partial charge in [-0.1, -0.05) is 23.7 Å². The first-order valence-electron chi connectivity index (χ1n) is 5.17. The van der Waals surface area contributed by atoms with Gasteiger partial charge in [-0.2, -0.15) is 0 Å². The quantitative estimate of drug-likeness (QED) is 0.876. The lowest BCUT2D eigenvalue weighted by Gasteiger charge is -2.08. The standard InChI is InChI=1S/C12H11ClN2O2/c13-10-3-1-2-9-8(10)4-6-14-12(9)15-7-5-11(16)17/h1-4,6H,5,7H2,(H,14,15)(H,16,17). The lowest BCUT2D eigenvalue weighted by atomic mass is 10.1. The van der Waals surface area contributed by atoms with Crippen molar-refractivity contribution in [2.75, 3.05) is 11.9 Å². The number of aromatic nitrogens is 1. The van der Waals surface area contributed by atoms with E-state index in [-0.39, 0.29) is 6.42 Å². The maximum atomic E-state index is 10.4. The molecule has 0 saturated carbocycles. The van der Waals surface area contributed by atoms with Crippen LogP contribution in [0.15, 0.2) is 30.5 Å². The molecule has 0 aliphatic rings. The summed E-state index contributed by atoms with van der Waals surface area (Å²) in [6.07, 6.45) is 1.70. The van der Waals surface area contributed by atoms with Gasteiger partial charge in [0.1, 0.15) is 5.82 Å². The fraction of sp³-hybridized carbons (Fsp3) is 0.167. The Morgan fingerprint density at radius 1 is 1.35 bits per heavy atom. The number of carboxylic acid groups (broad SMARTS) is 1. The third-order valence-electron chi connectivity index (χ3n) is 2.38. The molecule has 0 fully saturated rings. The Balaban J connectivity index is 2.28. The molecule has 1 aromatic heterocycles. The predicted octanol–water partition coefficient (Wildman–Crippen LogP) is 2.77. The van der Waals surface area contributed by atoms with Crippen LogP contribution in [0.5, 0.6) is 0 Å². The Labute approximate surface area is 103 Å².